The second-order valence-electron chi connectivity index (χ2n) is 6.15. The Balaban J connectivity index is 1.75. The summed E-state index contributed by atoms with van der Waals surface area (Å²) < 4.78 is 25.7. The summed E-state index contributed by atoms with van der Waals surface area (Å²) in [6.45, 7) is 0.246. The van der Waals surface area contributed by atoms with Gasteiger partial charge in [-0.3, -0.25) is 9.48 Å². The summed E-state index contributed by atoms with van der Waals surface area (Å²) in [5.74, 6) is -0.0148. The van der Waals surface area contributed by atoms with Crippen molar-refractivity contribution in [1.82, 2.24) is 14.7 Å². The molecule has 1 amide bonds. The van der Waals surface area contributed by atoms with E-state index in [9.17, 15) is 13.2 Å². The predicted octanol–water partition coefficient (Wildman–Crippen LogP) is 1.35. The van der Waals surface area contributed by atoms with E-state index in [2.05, 4.69) is 5.10 Å². The molecular formula is C17H21N3O3S. The van der Waals surface area contributed by atoms with Crippen LogP contribution in [0.15, 0.2) is 42.7 Å². The summed E-state index contributed by atoms with van der Waals surface area (Å²) in [7, 11) is -1.36. The molecule has 0 unspecified atom stereocenters. The zero-order chi connectivity index (χ0) is 17.2. The van der Waals surface area contributed by atoms with Crippen LogP contribution < -0.4 is 0 Å². The normalized spacial score (nSPS) is 20.0. The Kier molecular flexibility index (Phi) is 4.71. The van der Waals surface area contributed by atoms with Crippen LogP contribution in [0.25, 0.3) is 0 Å². The summed E-state index contributed by atoms with van der Waals surface area (Å²) in [4.78, 5) is 14.4. The largest absolute Gasteiger partial charge is 0.333 e. The van der Waals surface area contributed by atoms with Gasteiger partial charge in [0, 0.05) is 31.8 Å². The zero-order valence-corrected chi connectivity index (χ0v) is 14.4. The van der Waals surface area contributed by atoms with E-state index in [-0.39, 0.29) is 24.0 Å². The minimum atomic E-state index is -3.14. The number of hydrogen-bond donors (Lipinski definition) is 0. The van der Waals surface area contributed by atoms with Gasteiger partial charge in [0.05, 0.1) is 23.7 Å². The molecule has 3 rings (SSSR count). The van der Waals surface area contributed by atoms with Gasteiger partial charge < -0.3 is 4.90 Å². The molecule has 0 saturated carbocycles. The third-order valence-corrected chi connectivity index (χ3v) is 5.96. The molecule has 0 aliphatic carbocycles. The first kappa shape index (κ1) is 16.7. The number of aryl methyl sites for hydroxylation is 2. The van der Waals surface area contributed by atoms with Crippen molar-refractivity contribution in [2.24, 2.45) is 7.05 Å². The van der Waals surface area contributed by atoms with Crippen LogP contribution in [-0.2, 0) is 28.1 Å². The maximum absolute atomic E-state index is 12.7. The van der Waals surface area contributed by atoms with E-state index < -0.39 is 15.9 Å². The number of nitrogens with zero attached hydrogens (tertiary/aromatic N) is 3. The van der Waals surface area contributed by atoms with Crippen molar-refractivity contribution in [3.05, 3.63) is 53.9 Å². The highest BCUT2D eigenvalue weighted by Crippen LogP contribution is 2.27. The van der Waals surface area contributed by atoms with Gasteiger partial charge in [0.15, 0.2) is 9.84 Å². The first-order chi connectivity index (χ1) is 11.4. The van der Waals surface area contributed by atoms with Gasteiger partial charge in [0.1, 0.15) is 0 Å². The molecule has 0 bridgehead atoms. The van der Waals surface area contributed by atoms with E-state index >= 15 is 0 Å². The standard InChI is InChI=1S/C17H21N3O3S/c1-19-12-15(11-18-19)16-13-24(22,23)10-9-20(16)17(21)8-7-14-5-3-2-4-6-14/h2-6,11-12,16H,7-10,13H2,1H3/t16-/m0/s1. The fourth-order valence-electron chi connectivity index (χ4n) is 3.03. The van der Waals surface area contributed by atoms with Gasteiger partial charge in [0.25, 0.3) is 0 Å². The minimum absolute atomic E-state index is 0.0115. The smallest absolute Gasteiger partial charge is 0.223 e. The SMILES string of the molecule is Cn1cc([C@@H]2CS(=O)(=O)CCN2C(=O)CCc2ccccc2)cn1. The lowest BCUT2D eigenvalue weighted by Gasteiger charge is -2.35. The summed E-state index contributed by atoms with van der Waals surface area (Å²) in [6, 6.07) is 9.39. The molecule has 0 radical (unpaired) electrons. The van der Waals surface area contributed by atoms with Crippen LogP contribution in [0.5, 0.6) is 0 Å². The van der Waals surface area contributed by atoms with Gasteiger partial charge in [-0.05, 0) is 12.0 Å². The molecule has 7 heteroatoms. The molecule has 2 heterocycles. The van der Waals surface area contributed by atoms with Crippen LogP contribution in [0.1, 0.15) is 23.6 Å². The fourth-order valence-corrected chi connectivity index (χ4v) is 4.53. The average molecular weight is 347 g/mol. The fraction of sp³-hybridized carbons (Fsp3) is 0.412. The molecule has 1 aromatic carbocycles. The summed E-state index contributed by atoms with van der Waals surface area (Å²) in [5.41, 5.74) is 1.88. The third kappa shape index (κ3) is 3.84. The number of benzene rings is 1. The van der Waals surface area contributed by atoms with Gasteiger partial charge in [-0.2, -0.15) is 5.10 Å². The Hall–Kier alpha value is -2.15. The highest BCUT2D eigenvalue weighted by atomic mass is 32.2. The van der Waals surface area contributed by atoms with E-state index in [0.717, 1.165) is 11.1 Å². The van der Waals surface area contributed by atoms with Crippen LogP contribution in [0.3, 0.4) is 0 Å². The Labute approximate surface area is 142 Å². The minimum Gasteiger partial charge on any atom is -0.333 e. The summed E-state index contributed by atoms with van der Waals surface area (Å²) in [5, 5.41) is 4.11. The lowest BCUT2D eigenvalue weighted by Crippen LogP contribution is -2.46. The van der Waals surface area contributed by atoms with E-state index in [4.69, 9.17) is 0 Å². The van der Waals surface area contributed by atoms with Crippen LogP contribution in [0, 0.1) is 0 Å². The first-order valence-electron chi connectivity index (χ1n) is 7.97. The number of aromatic nitrogens is 2. The maximum atomic E-state index is 12.7. The molecule has 1 saturated heterocycles. The number of carbonyl (C=O) groups excluding carboxylic acids is 1. The molecule has 1 aliphatic rings. The molecule has 0 N–H and O–H groups in total. The molecule has 1 aromatic heterocycles. The van der Waals surface area contributed by atoms with Gasteiger partial charge in [-0.15, -0.1) is 0 Å². The van der Waals surface area contributed by atoms with Crippen LogP contribution in [-0.4, -0.2) is 47.1 Å². The summed E-state index contributed by atoms with van der Waals surface area (Å²) in [6.07, 6.45) is 4.45. The molecule has 1 aliphatic heterocycles. The molecule has 1 fully saturated rings. The number of rotatable bonds is 4. The highest BCUT2D eigenvalue weighted by molar-refractivity contribution is 7.91. The molecule has 1 atom stereocenters. The second-order valence-corrected chi connectivity index (χ2v) is 8.38. The monoisotopic (exact) mass is 347 g/mol. The molecule has 128 valence electrons. The summed E-state index contributed by atoms with van der Waals surface area (Å²) >= 11 is 0. The number of sulfone groups is 1. The lowest BCUT2D eigenvalue weighted by molar-refractivity contribution is -0.133. The molecular weight excluding hydrogens is 326 g/mol. The average Bonchev–Trinajstić information content (AvgIpc) is 2.99. The van der Waals surface area contributed by atoms with E-state index in [1.54, 1.807) is 29.0 Å². The Bertz CT molecular complexity index is 815. The van der Waals surface area contributed by atoms with Gasteiger partial charge in [-0.25, -0.2) is 8.42 Å². The topological polar surface area (TPSA) is 72.3 Å². The van der Waals surface area contributed by atoms with E-state index in [1.807, 2.05) is 30.3 Å². The Morgan fingerprint density at radius 3 is 2.71 bits per heavy atom. The number of carbonyl (C=O) groups is 1. The third-order valence-electron chi connectivity index (χ3n) is 4.33. The van der Waals surface area contributed by atoms with Crippen LogP contribution in [0.2, 0.25) is 0 Å². The van der Waals surface area contributed by atoms with Crippen molar-refractivity contribution in [3.63, 3.8) is 0 Å². The molecule has 6 nitrogen and oxygen atoms in total. The maximum Gasteiger partial charge on any atom is 0.223 e. The Morgan fingerprint density at radius 1 is 1.29 bits per heavy atom. The second kappa shape index (κ2) is 6.76. The first-order valence-corrected chi connectivity index (χ1v) is 9.79. The van der Waals surface area contributed by atoms with Crippen LogP contribution >= 0.6 is 0 Å². The molecule has 2 aromatic rings. The van der Waals surface area contributed by atoms with Crippen molar-refractivity contribution in [2.45, 2.75) is 18.9 Å². The lowest BCUT2D eigenvalue weighted by atomic mass is 10.1. The van der Waals surface area contributed by atoms with Crippen molar-refractivity contribution >= 4 is 15.7 Å². The van der Waals surface area contributed by atoms with Crippen molar-refractivity contribution < 1.29 is 13.2 Å². The molecule has 0 spiro atoms. The van der Waals surface area contributed by atoms with Crippen LogP contribution in [0.4, 0.5) is 0 Å². The van der Waals surface area contributed by atoms with Gasteiger partial charge in [0.2, 0.25) is 5.91 Å². The van der Waals surface area contributed by atoms with Crippen molar-refractivity contribution in [1.29, 1.82) is 0 Å². The highest BCUT2D eigenvalue weighted by Gasteiger charge is 2.35. The quantitative estimate of drug-likeness (QED) is 0.837. The van der Waals surface area contributed by atoms with E-state index in [1.165, 1.54) is 0 Å². The number of amides is 1. The van der Waals surface area contributed by atoms with Crippen molar-refractivity contribution in [3.8, 4) is 0 Å². The Morgan fingerprint density at radius 2 is 2.04 bits per heavy atom. The molecule has 24 heavy (non-hydrogen) atoms. The predicted molar refractivity (Wildman–Crippen MR) is 91.1 cm³/mol. The van der Waals surface area contributed by atoms with Gasteiger partial charge >= 0.3 is 0 Å². The zero-order valence-electron chi connectivity index (χ0n) is 13.6. The number of hydrogen-bond acceptors (Lipinski definition) is 4. The van der Waals surface area contributed by atoms with Gasteiger partial charge in [-0.1, -0.05) is 30.3 Å². The van der Waals surface area contributed by atoms with E-state index in [0.29, 0.717) is 12.8 Å². The van der Waals surface area contributed by atoms with Crippen molar-refractivity contribution in [2.75, 3.05) is 18.1 Å².